The average Bonchev–Trinajstić information content (AvgIpc) is 3.19. The Morgan fingerprint density at radius 1 is 1.21 bits per heavy atom. The molecular weight excluding hydrogens is 394 g/mol. The van der Waals surface area contributed by atoms with Gasteiger partial charge in [-0.15, -0.1) is 11.3 Å². The lowest BCUT2D eigenvalue weighted by atomic mass is 10.1. The second-order valence-electron chi connectivity index (χ2n) is 6.44. The van der Waals surface area contributed by atoms with Crippen molar-refractivity contribution in [2.75, 3.05) is 33.4 Å². The summed E-state index contributed by atoms with van der Waals surface area (Å²) in [7, 11) is 2.13. The van der Waals surface area contributed by atoms with Gasteiger partial charge in [-0.3, -0.25) is 0 Å². The lowest BCUT2D eigenvalue weighted by Gasteiger charge is -2.30. The van der Waals surface area contributed by atoms with Gasteiger partial charge in [-0.1, -0.05) is 24.3 Å². The van der Waals surface area contributed by atoms with E-state index in [-0.39, 0.29) is 6.10 Å². The van der Waals surface area contributed by atoms with Gasteiger partial charge >= 0.3 is 11.9 Å². The molecule has 1 atom stereocenters. The minimum Gasteiger partial charge on any atom is -0.491 e. The minimum absolute atomic E-state index is 0.165. The Bertz CT molecular complexity index is 789. The Labute approximate surface area is 173 Å². The number of hydrogen-bond acceptors (Lipinski definition) is 6. The SMILES string of the molecule is CN1CCOC(COc2ccccc2Cc2cccs2)C1.O=C(O)C=CC(=O)O. The molecule has 1 aliphatic rings. The Balaban J connectivity index is 0.000000321. The fraction of sp³-hybridized carbons (Fsp3) is 0.333. The van der Waals surface area contributed by atoms with Gasteiger partial charge in [-0.05, 0) is 30.1 Å². The van der Waals surface area contributed by atoms with E-state index in [1.807, 2.05) is 6.07 Å². The van der Waals surface area contributed by atoms with Crippen LogP contribution in [-0.2, 0) is 20.7 Å². The van der Waals surface area contributed by atoms with Crippen LogP contribution < -0.4 is 4.74 Å². The molecule has 0 aliphatic carbocycles. The normalized spacial score (nSPS) is 16.8. The van der Waals surface area contributed by atoms with Crippen LogP contribution in [0.4, 0.5) is 0 Å². The summed E-state index contributed by atoms with van der Waals surface area (Å²) in [5.74, 6) is -1.54. The van der Waals surface area contributed by atoms with Crippen molar-refractivity contribution in [3.63, 3.8) is 0 Å². The summed E-state index contributed by atoms with van der Waals surface area (Å²) in [4.78, 5) is 22.8. The van der Waals surface area contributed by atoms with Crippen molar-refractivity contribution in [1.29, 1.82) is 0 Å². The number of aliphatic carboxylic acids is 2. The predicted molar refractivity (Wildman–Crippen MR) is 111 cm³/mol. The van der Waals surface area contributed by atoms with Crippen molar-refractivity contribution in [3.8, 4) is 5.75 Å². The Kier molecular flexibility index (Phi) is 9.36. The van der Waals surface area contributed by atoms with E-state index >= 15 is 0 Å². The fourth-order valence-corrected chi connectivity index (χ4v) is 3.41. The number of carboxylic acids is 2. The predicted octanol–water partition coefficient (Wildman–Crippen LogP) is 2.76. The van der Waals surface area contributed by atoms with Crippen LogP contribution >= 0.6 is 11.3 Å². The summed E-state index contributed by atoms with van der Waals surface area (Å²) < 4.78 is 11.8. The first kappa shape index (κ1) is 22.6. The molecule has 1 saturated heterocycles. The molecule has 1 aliphatic heterocycles. The summed E-state index contributed by atoms with van der Waals surface area (Å²) in [5, 5.41) is 17.7. The van der Waals surface area contributed by atoms with Crippen LogP contribution in [0.5, 0.6) is 5.75 Å². The van der Waals surface area contributed by atoms with Crippen molar-refractivity contribution >= 4 is 23.3 Å². The fourth-order valence-electron chi connectivity index (χ4n) is 2.68. The van der Waals surface area contributed by atoms with Crippen molar-refractivity contribution in [2.45, 2.75) is 12.5 Å². The van der Waals surface area contributed by atoms with Crippen LogP contribution in [-0.4, -0.2) is 66.5 Å². The molecule has 156 valence electrons. The summed E-state index contributed by atoms with van der Waals surface area (Å²) in [6, 6.07) is 12.6. The zero-order chi connectivity index (χ0) is 21.1. The maximum Gasteiger partial charge on any atom is 0.328 e. The zero-order valence-electron chi connectivity index (χ0n) is 16.2. The van der Waals surface area contributed by atoms with E-state index in [1.165, 1.54) is 10.4 Å². The van der Waals surface area contributed by atoms with Gasteiger partial charge in [0.2, 0.25) is 0 Å². The molecule has 1 aromatic heterocycles. The van der Waals surface area contributed by atoms with E-state index < -0.39 is 11.9 Å². The molecule has 7 nitrogen and oxygen atoms in total. The smallest absolute Gasteiger partial charge is 0.328 e. The van der Waals surface area contributed by atoms with Gasteiger partial charge in [0.15, 0.2) is 0 Å². The number of rotatable bonds is 7. The molecule has 2 aromatic rings. The third-order valence-corrected chi connectivity index (χ3v) is 4.93. The van der Waals surface area contributed by atoms with Crippen LogP contribution in [0, 0.1) is 0 Å². The summed E-state index contributed by atoms with van der Waals surface area (Å²) in [5.41, 5.74) is 1.24. The van der Waals surface area contributed by atoms with Gasteiger partial charge in [0.05, 0.1) is 6.61 Å². The first-order chi connectivity index (χ1) is 13.9. The number of benzene rings is 1. The summed E-state index contributed by atoms with van der Waals surface area (Å²) >= 11 is 1.79. The Morgan fingerprint density at radius 3 is 2.55 bits per heavy atom. The van der Waals surface area contributed by atoms with Crippen LogP contribution in [0.3, 0.4) is 0 Å². The van der Waals surface area contributed by atoms with Crippen molar-refractivity contribution in [1.82, 2.24) is 4.90 Å². The van der Waals surface area contributed by atoms with Gasteiger partial charge in [-0.25, -0.2) is 9.59 Å². The van der Waals surface area contributed by atoms with Gasteiger partial charge < -0.3 is 24.6 Å². The summed E-state index contributed by atoms with van der Waals surface area (Å²) in [6.45, 7) is 3.35. The lowest BCUT2D eigenvalue weighted by Crippen LogP contribution is -2.42. The van der Waals surface area contributed by atoms with E-state index in [1.54, 1.807) is 11.3 Å². The Hall–Kier alpha value is -2.68. The third kappa shape index (κ3) is 8.91. The molecule has 0 spiro atoms. The van der Waals surface area contributed by atoms with E-state index in [9.17, 15) is 9.59 Å². The number of nitrogens with zero attached hydrogens (tertiary/aromatic N) is 1. The number of carbonyl (C=O) groups is 2. The number of thiophene rings is 1. The highest BCUT2D eigenvalue weighted by atomic mass is 32.1. The topological polar surface area (TPSA) is 96.3 Å². The molecule has 0 radical (unpaired) electrons. The van der Waals surface area contributed by atoms with E-state index in [4.69, 9.17) is 19.7 Å². The van der Waals surface area contributed by atoms with Crippen LogP contribution in [0.25, 0.3) is 0 Å². The second kappa shape index (κ2) is 12.0. The van der Waals surface area contributed by atoms with Crippen LogP contribution in [0.2, 0.25) is 0 Å². The third-order valence-electron chi connectivity index (χ3n) is 4.05. The van der Waals surface area contributed by atoms with Crippen molar-refractivity contribution < 1.29 is 29.3 Å². The van der Waals surface area contributed by atoms with Crippen molar-refractivity contribution in [2.24, 2.45) is 0 Å². The number of hydrogen-bond donors (Lipinski definition) is 2. The monoisotopic (exact) mass is 419 g/mol. The largest absolute Gasteiger partial charge is 0.491 e. The molecule has 0 saturated carbocycles. The number of likely N-dealkylation sites (N-methyl/N-ethyl adjacent to an activating group) is 1. The molecule has 29 heavy (non-hydrogen) atoms. The van der Waals surface area contributed by atoms with Crippen LogP contribution in [0.15, 0.2) is 53.9 Å². The first-order valence-electron chi connectivity index (χ1n) is 9.11. The highest BCUT2D eigenvalue weighted by Crippen LogP contribution is 2.24. The number of ether oxygens (including phenoxy) is 2. The van der Waals surface area contributed by atoms with Crippen LogP contribution in [0.1, 0.15) is 10.4 Å². The molecule has 0 amide bonds. The van der Waals surface area contributed by atoms with Gasteiger partial charge in [0.1, 0.15) is 18.5 Å². The highest BCUT2D eigenvalue weighted by Gasteiger charge is 2.18. The molecule has 2 heterocycles. The molecular formula is C21H25NO6S. The zero-order valence-corrected chi connectivity index (χ0v) is 17.0. The molecule has 1 fully saturated rings. The molecule has 0 bridgehead atoms. The number of morpholine rings is 1. The van der Waals surface area contributed by atoms with E-state index in [0.717, 1.165) is 31.9 Å². The first-order valence-corrected chi connectivity index (χ1v) is 9.99. The quantitative estimate of drug-likeness (QED) is 0.666. The number of para-hydroxylation sites is 1. The standard InChI is InChI=1S/C17H21NO2S.C4H4O4/c1-18-8-9-19-15(12-18)13-20-17-7-3-2-5-14(17)11-16-6-4-10-21-16;5-3(6)1-2-4(7)8/h2-7,10,15H,8-9,11-13H2,1H3;1-2H,(H,5,6)(H,7,8). The van der Waals surface area contributed by atoms with Gasteiger partial charge in [0.25, 0.3) is 0 Å². The van der Waals surface area contributed by atoms with Crippen molar-refractivity contribution in [3.05, 3.63) is 64.4 Å². The maximum atomic E-state index is 9.55. The lowest BCUT2D eigenvalue weighted by molar-refractivity contribution is -0.134. The van der Waals surface area contributed by atoms with Gasteiger partial charge in [-0.2, -0.15) is 0 Å². The summed E-state index contributed by atoms with van der Waals surface area (Å²) in [6.07, 6.45) is 2.21. The highest BCUT2D eigenvalue weighted by molar-refractivity contribution is 7.09. The Morgan fingerprint density at radius 2 is 1.93 bits per heavy atom. The second-order valence-corrected chi connectivity index (χ2v) is 7.47. The minimum atomic E-state index is -1.26. The molecule has 1 aromatic carbocycles. The van der Waals surface area contributed by atoms with E-state index in [0.29, 0.717) is 18.8 Å². The molecule has 2 N–H and O–H groups in total. The molecule has 1 unspecified atom stereocenters. The maximum absolute atomic E-state index is 9.55. The number of carboxylic acid groups (broad SMARTS) is 2. The molecule has 8 heteroatoms. The van der Waals surface area contributed by atoms with E-state index in [2.05, 4.69) is 47.7 Å². The molecule has 3 rings (SSSR count). The van der Waals surface area contributed by atoms with Gasteiger partial charge in [0, 0.05) is 36.5 Å². The average molecular weight is 419 g/mol.